The van der Waals surface area contributed by atoms with Crippen molar-refractivity contribution in [3.8, 4) is 23.2 Å². The van der Waals surface area contributed by atoms with Gasteiger partial charge in [-0.2, -0.15) is 0 Å². The van der Waals surface area contributed by atoms with Crippen molar-refractivity contribution in [3.63, 3.8) is 0 Å². The number of thiophene rings is 1. The first-order valence-corrected chi connectivity index (χ1v) is 11.8. The molecule has 0 amide bonds. The lowest BCUT2D eigenvalue weighted by molar-refractivity contribution is 0.626. The first-order valence-electron chi connectivity index (χ1n) is 10.7. The van der Waals surface area contributed by atoms with Crippen LogP contribution in [0.5, 0.6) is 0 Å². The molecule has 4 N–H and O–H groups in total. The molecule has 1 aliphatic rings. The molecular weight excluding hydrogens is 457 g/mol. The lowest BCUT2D eigenvalue weighted by Gasteiger charge is -2.10. The Hall–Kier alpha value is -3.18. The molecule has 2 aromatic heterocycles. The second kappa shape index (κ2) is 9.36. The molecule has 1 atom stereocenters. The minimum atomic E-state index is -0.265. The molecule has 8 heteroatoms. The number of aromatic nitrogens is 2. The second-order valence-electron chi connectivity index (χ2n) is 7.85. The van der Waals surface area contributed by atoms with Gasteiger partial charge in [0.25, 0.3) is 0 Å². The van der Waals surface area contributed by atoms with E-state index < -0.39 is 0 Å². The molecule has 0 saturated carbocycles. The highest BCUT2D eigenvalue weighted by molar-refractivity contribution is 7.20. The van der Waals surface area contributed by atoms with Crippen LogP contribution in [-0.4, -0.2) is 22.6 Å². The first kappa shape index (κ1) is 21.7. The molecule has 3 heterocycles. The lowest BCUT2D eigenvalue weighted by Crippen LogP contribution is -2.18. The summed E-state index contributed by atoms with van der Waals surface area (Å²) in [5.41, 5.74) is 9.35. The Morgan fingerprint density at radius 2 is 2.12 bits per heavy atom. The van der Waals surface area contributed by atoms with Gasteiger partial charge in [-0.25, -0.2) is 14.4 Å². The van der Waals surface area contributed by atoms with E-state index in [1.54, 1.807) is 12.1 Å². The molecule has 2 aromatic carbocycles. The van der Waals surface area contributed by atoms with Crippen LogP contribution >= 0.6 is 22.9 Å². The minimum absolute atomic E-state index is 0.254. The van der Waals surface area contributed by atoms with Crippen LogP contribution < -0.4 is 16.4 Å². The van der Waals surface area contributed by atoms with Crippen molar-refractivity contribution >= 4 is 44.7 Å². The van der Waals surface area contributed by atoms with E-state index in [1.165, 1.54) is 23.5 Å². The standard InChI is InChI=1S/C25H21ClFN5S/c26-20-12-16(6-9-21(20)30-14-15-3-1-4-17(27)11-15)25-31-22-13-19(33-23(22)24(28)32-25)8-7-18-5-2-10-29-18/h1,3-4,6,9,11-13,18,29-30H,2,5,10,14H2,(H2,28,31,32)/t18-/m1/s1. The Balaban J connectivity index is 1.37. The molecule has 4 aromatic rings. The molecule has 1 aliphatic heterocycles. The molecule has 0 radical (unpaired) electrons. The molecule has 0 bridgehead atoms. The zero-order valence-corrected chi connectivity index (χ0v) is 19.2. The molecular formula is C25H21ClFN5S. The summed E-state index contributed by atoms with van der Waals surface area (Å²) in [5, 5.41) is 7.13. The lowest BCUT2D eigenvalue weighted by atomic mass is 10.1. The summed E-state index contributed by atoms with van der Waals surface area (Å²) in [4.78, 5) is 10.1. The Kier molecular flexibility index (Phi) is 6.14. The highest BCUT2D eigenvalue weighted by atomic mass is 35.5. The van der Waals surface area contributed by atoms with E-state index in [0.29, 0.717) is 23.2 Å². The van der Waals surface area contributed by atoms with Gasteiger partial charge in [0, 0.05) is 12.1 Å². The SMILES string of the molecule is Nc1nc(-c2ccc(NCc3cccc(F)c3)c(Cl)c2)nc2cc(C#C[C@H]3CCCN3)sc12. The van der Waals surface area contributed by atoms with E-state index in [-0.39, 0.29) is 11.9 Å². The average Bonchev–Trinajstić information content (AvgIpc) is 3.47. The van der Waals surface area contributed by atoms with Crippen LogP contribution in [0.1, 0.15) is 23.3 Å². The topological polar surface area (TPSA) is 75.9 Å². The van der Waals surface area contributed by atoms with Crippen LogP contribution in [0.15, 0.2) is 48.5 Å². The van der Waals surface area contributed by atoms with E-state index in [1.807, 2.05) is 24.3 Å². The van der Waals surface area contributed by atoms with Crippen molar-refractivity contribution in [1.29, 1.82) is 0 Å². The second-order valence-corrected chi connectivity index (χ2v) is 9.31. The van der Waals surface area contributed by atoms with Gasteiger partial charge >= 0.3 is 0 Å². The number of nitrogens with zero attached hydrogens (tertiary/aromatic N) is 2. The minimum Gasteiger partial charge on any atom is -0.382 e. The Labute approximate surface area is 200 Å². The third kappa shape index (κ3) is 4.93. The van der Waals surface area contributed by atoms with Gasteiger partial charge in [0.2, 0.25) is 0 Å². The van der Waals surface area contributed by atoms with Crippen LogP contribution in [0.4, 0.5) is 15.9 Å². The fourth-order valence-electron chi connectivity index (χ4n) is 3.75. The third-order valence-electron chi connectivity index (χ3n) is 5.43. The maximum absolute atomic E-state index is 13.4. The third-order valence-corrected chi connectivity index (χ3v) is 6.80. The smallest absolute Gasteiger partial charge is 0.162 e. The highest BCUT2D eigenvalue weighted by Gasteiger charge is 2.13. The maximum atomic E-state index is 13.4. The molecule has 0 unspecified atom stereocenters. The Bertz CT molecular complexity index is 1380. The van der Waals surface area contributed by atoms with Crippen LogP contribution in [0.25, 0.3) is 21.6 Å². The van der Waals surface area contributed by atoms with Gasteiger partial charge in [-0.3, -0.25) is 0 Å². The van der Waals surface area contributed by atoms with Crippen molar-refractivity contribution in [2.24, 2.45) is 0 Å². The van der Waals surface area contributed by atoms with Gasteiger partial charge in [0.15, 0.2) is 5.82 Å². The number of fused-ring (bicyclic) bond motifs is 1. The molecule has 5 rings (SSSR count). The first-order chi connectivity index (χ1) is 16.0. The molecule has 33 heavy (non-hydrogen) atoms. The molecule has 5 nitrogen and oxygen atoms in total. The van der Waals surface area contributed by atoms with Gasteiger partial charge in [-0.15, -0.1) is 11.3 Å². The normalized spacial score (nSPS) is 15.4. The van der Waals surface area contributed by atoms with Crippen LogP contribution in [0.2, 0.25) is 5.02 Å². The summed E-state index contributed by atoms with van der Waals surface area (Å²) in [5.74, 6) is 7.19. The zero-order valence-electron chi connectivity index (χ0n) is 17.7. The van der Waals surface area contributed by atoms with Crippen molar-refractivity contribution in [2.45, 2.75) is 25.4 Å². The number of hydrogen-bond acceptors (Lipinski definition) is 6. The van der Waals surface area contributed by atoms with Crippen molar-refractivity contribution < 1.29 is 4.39 Å². The summed E-state index contributed by atoms with van der Waals surface area (Å²) in [6, 6.07) is 14.2. The van der Waals surface area contributed by atoms with E-state index in [2.05, 4.69) is 27.5 Å². The Morgan fingerprint density at radius 3 is 2.91 bits per heavy atom. The zero-order chi connectivity index (χ0) is 22.8. The van der Waals surface area contributed by atoms with Crippen molar-refractivity contribution in [3.05, 3.63) is 69.8 Å². The molecule has 0 aliphatic carbocycles. The number of hydrogen-bond donors (Lipinski definition) is 3. The predicted molar refractivity (Wildman–Crippen MR) is 134 cm³/mol. The largest absolute Gasteiger partial charge is 0.382 e. The number of nitrogens with two attached hydrogens (primary N) is 1. The number of benzene rings is 2. The van der Waals surface area contributed by atoms with Crippen LogP contribution in [0, 0.1) is 17.7 Å². The number of anilines is 2. The van der Waals surface area contributed by atoms with Gasteiger partial charge < -0.3 is 16.4 Å². The fraction of sp³-hybridized carbons (Fsp3) is 0.200. The number of nitrogens with one attached hydrogen (secondary N) is 2. The van der Waals surface area contributed by atoms with E-state index in [9.17, 15) is 4.39 Å². The number of halogens is 2. The average molecular weight is 478 g/mol. The summed E-state index contributed by atoms with van der Waals surface area (Å²) < 4.78 is 14.2. The van der Waals surface area contributed by atoms with E-state index in [0.717, 1.165) is 51.3 Å². The van der Waals surface area contributed by atoms with Gasteiger partial charge in [0.05, 0.1) is 31.8 Å². The molecule has 1 saturated heterocycles. The summed E-state index contributed by atoms with van der Waals surface area (Å²) in [6.45, 7) is 1.48. The fourth-order valence-corrected chi connectivity index (χ4v) is 4.86. The van der Waals surface area contributed by atoms with Gasteiger partial charge in [0.1, 0.15) is 11.6 Å². The highest BCUT2D eigenvalue weighted by Crippen LogP contribution is 2.32. The molecule has 0 spiro atoms. The monoisotopic (exact) mass is 477 g/mol. The predicted octanol–water partition coefficient (Wildman–Crippen LogP) is 5.45. The summed E-state index contributed by atoms with van der Waals surface area (Å²) in [6.07, 6.45) is 2.24. The number of nitrogen functional groups attached to an aromatic ring is 1. The van der Waals surface area contributed by atoms with Gasteiger partial charge in [-0.1, -0.05) is 35.6 Å². The quantitative estimate of drug-likeness (QED) is 0.341. The number of rotatable bonds is 4. The summed E-state index contributed by atoms with van der Waals surface area (Å²) in [7, 11) is 0. The van der Waals surface area contributed by atoms with Gasteiger partial charge in [-0.05, 0) is 61.3 Å². The van der Waals surface area contributed by atoms with Crippen LogP contribution in [0.3, 0.4) is 0 Å². The molecule has 166 valence electrons. The van der Waals surface area contributed by atoms with Crippen molar-refractivity contribution in [1.82, 2.24) is 15.3 Å². The van der Waals surface area contributed by atoms with E-state index >= 15 is 0 Å². The van der Waals surface area contributed by atoms with Crippen molar-refractivity contribution in [2.75, 3.05) is 17.6 Å². The molecule has 1 fully saturated rings. The summed E-state index contributed by atoms with van der Waals surface area (Å²) >= 11 is 8.00. The maximum Gasteiger partial charge on any atom is 0.162 e. The van der Waals surface area contributed by atoms with E-state index in [4.69, 9.17) is 22.3 Å². The Morgan fingerprint density at radius 1 is 1.21 bits per heavy atom. The van der Waals surface area contributed by atoms with Crippen LogP contribution in [-0.2, 0) is 6.54 Å².